The van der Waals surface area contributed by atoms with Crippen LogP contribution < -0.4 is 10.1 Å². The van der Waals surface area contributed by atoms with Gasteiger partial charge in [0.1, 0.15) is 5.75 Å². The number of hydrogen-bond donors (Lipinski definition) is 1. The molecule has 2 aromatic rings. The number of nitrogens with zero attached hydrogens (tertiary/aromatic N) is 1. The number of carbonyl (C=O) groups is 1. The molecule has 2 rings (SSSR count). The summed E-state index contributed by atoms with van der Waals surface area (Å²) in [6, 6.07) is 9.32. The van der Waals surface area contributed by atoms with E-state index in [0.717, 1.165) is 10.0 Å². The summed E-state index contributed by atoms with van der Waals surface area (Å²) >= 11 is 3.29. The third-order valence-electron chi connectivity index (χ3n) is 2.38. The highest BCUT2D eigenvalue weighted by molar-refractivity contribution is 9.10. The Balaban J connectivity index is 1.86. The number of carbonyl (C=O) groups excluding carboxylic acids is 1. The van der Waals surface area contributed by atoms with Crippen molar-refractivity contribution in [2.24, 2.45) is 0 Å². The highest BCUT2D eigenvalue weighted by atomic mass is 79.9. The molecule has 0 saturated heterocycles. The molecule has 0 aliphatic heterocycles. The number of pyridine rings is 1. The monoisotopic (exact) mass is 320 g/mol. The summed E-state index contributed by atoms with van der Waals surface area (Å²) < 4.78 is 6.19. The summed E-state index contributed by atoms with van der Waals surface area (Å²) in [5.41, 5.74) is 1.78. The third kappa shape index (κ3) is 4.37. The normalized spacial score (nSPS) is 10.0. The Morgan fingerprint density at radius 1 is 1.32 bits per heavy atom. The molecule has 1 aromatic heterocycles. The van der Waals surface area contributed by atoms with Gasteiger partial charge >= 0.3 is 0 Å². The van der Waals surface area contributed by atoms with Crippen LogP contribution in [0.15, 0.2) is 47.2 Å². The van der Waals surface area contributed by atoms with E-state index in [0.29, 0.717) is 11.4 Å². The third-order valence-corrected chi connectivity index (χ3v) is 2.81. The van der Waals surface area contributed by atoms with Crippen LogP contribution in [-0.4, -0.2) is 17.5 Å². The molecule has 0 fully saturated rings. The van der Waals surface area contributed by atoms with Crippen molar-refractivity contribution in [2.75, 3.05) is 11.9 Å². The second kappa shape index (κ2) is 6.33. The second-order valence-electron chi connectivity index (χ2n) is 4.04. The molecule has 1 amide bonds. The summed E-state index contributed by atoms with van der Waals surface area (Å²) in [5.74, 6) is 0.452. The second-order valence-corrected chi connectivity index (χ2v) is 4.96. The number of aryl methyl sites for hydroxylation is 1. The average molecular weight is 321 g/mol. The van der Waals surface area contributed by atoms with Gasteiger partial charge in [0, 0.05) is 10.7 Å². The average Bonchev–Trinajstić information content (AvgIpc) is 2.38. The number of benzene rings is 1. The largest absolute Gasteiger partial charge is 0.484 e. The van der Waals surface area contributed by atoms with E-state index in [2.05, 4.69) is 26.2 Å². The Labute approximate surface area is 119 Å². The van der Waals surface area contributed by atoms with Crippen molar-refractivity contribution in [3.63, 3.8) is 0 Å². The number of rotatable bonds is 4. The maximum Gasteiger partial charge on any atom is 0.262 e. The molecule has 1 aromatic carbocycles. The first-order chi connectivity index (χ1) is 9.13. The molecular formula is C14H13BrN2O2. The van der Waals surface area contributed by atoms with Gasteiger partial charge in [0.2, 0.25) is 0 Å². The molecule has 0 unspecified atom stereocenters. The first-order valence-corrected chi connectivity index (χ1v) is 6.52. The topological polar surface area (TPSA) is 51.2 Å². The van der Waals surface area contributed by atoms with E-state index < -0.39 is 0 Å². The standard InChI is InChI=1S/C14H13BrN2O2/c1-10-2-4-13(5-3-10)19-9-14(18)17-12-6-11(15)7-16-8-12/h2-8H,9H2,1H3,(H,17,18). The zero-order valence-electron chi connectivity index (χ0n) is 10.4. The van der Waals surface area contributed by atoms with E-state index in [9.17, 15) is 4.79 Å². The van der Waals surface area contributed by atoms with Gasteiger partial charge in [-0.15, -0.1) is 0 Å². The highest BCUT2D eigenvalue weighted by Gasteiger charge is 2.04. The summed E-state index contributed by atoms with van der Waals surface area (Å²) in [4.78, 5) is 15.6. The van der Waals surface area contributed by atoms with Crippen molar-refractivity contribution in [3.05, 3.63) is 52.8 Å². The minimum absolute atomic E-state index is 0.0322. The molecule has 5 heteroatoms. The minimum Gasteiger partial charge on any atom is -0.484 e. The predicted molar refractivity (Wildman–Crippen MR) is 77.2 cm³/mol. The SMILES string of the molecule is Cc1ccc(OCC(=O)Nc2cncc(Br)c2)cc1. The Hall–Kier alpha value is -1.88. The lowest BCUT2D eigenvalue weighted by Crippen LogP contribution is -2.20. The Morgan fingerprint density at radius 2 is 2.05 bits per heavy atom. The van der Waals surface area contributed by atoms with Gasteiger partial charge in [-0.3, -0.25) is 9.78 Å². The van der Waals surface area contributed by atoms with Crippen molar-refractivity contribution in [1.82, 2.24) is 4.98 Å². The fourth-order valence-electron chi connectivity index (χ4n) is 1.46. The van der Waals surface area contributed by atoms with Gasteiger partial charge in [-0.1, -0.05) is 17.7 Å². The molecule has 0 saturated carbocycles. The van der Waals surface area contributed by atoms with Gasteiger partial charge in [0.15, 0.2) is 6.61 Å². The zero-order valence-corrected chi connectivity index (χ0v) is 12.0. The molecule has 0 bridgehead atoms. The van der Waals surface area contributed by atoms with Crippen LogP contribution in [0.25, 0.3) is 0 Å². The van der Waals surface area contributed by atoms with E-state index >= 15 is 0 Å². The molecule has 0 aliphatic carbocycles. The molecule has 0 spiro atoms. The lowest BCUT2D eigenvalue weighted by Gasteiger charge is -2.07. The molecule has 1 heterocycles. The van der Waals surface area contributed by atoms with Gasteiger partial charge in [-0.2, -0.15) is 0 Å². The van der Waals surface area contributed by atoms with Crippen LogP contribution in [0.3, 0.4) is 0 Å². The van der Waals surface area contributed by atoms with Crippen LogP contribution in [0.4, 0.5) is 5.69 Å². The number of ether oxygens (including phenoxy) is 1. The van der Waals surface area contributed by atoms with E-state index in [-0.39, 0.29) is 12.5 Å². The van der Waals surface area contributed by atoms with E-state index in [4.69, 9.17) is 4.74 Å². The van der Waals surface area contributed by atoms with Gasteiger partial charge < -0.3 is 10.1 Å². The number of hydrogen-bond acceptors (Lipinski definition) is 3. The summed E-state index contributed by atoms with van der Waals surface area (Å²) in [6.07, 6.45) is 3.23. The van der Waals surface area contributed by atoms with Crippen LogP contribution >= 0.6 is 15.9 Å². The van der Waals surface area contributed by atoms with Crippen molar-refractivity contribution < 1.29 is 9.53 Å². The van der Waals surface area contributed by atoms with Crippen molar-refractivity contribution in [2.45, 2.75) is 6.92 Å². The van der Waals surface area contributed by atoms with E-state index in [1.54, 1.807) is 18.5 Å². The van der Waals surface area contributed by atoms with Crippen LogP contribution in [-0.2, 0) is 4.79 Å². The zero-order chi connectivity index (χ0) is 13.7. The summed E-state index contributed by atoms with van der Waals surface area (Å²) in [5, 5.41) is 2.71. The molecule has 0 aliphatic rings. The lowest BCUT2D eigenvalue weighted by molar-refractivity contribution is -0.118. The molecular weight excluding hydrogens is 308 g/mol. The maximum atomic E-state index is 11.7. The Bertz CT molecular complexity index is 570. The fraction of sp³-hybridized carbons (Fsp3) is 0.143. The summed E-state index contributed by atoms with van der Waals surface area (Å²) in [7, 11) is 0. The highest BCUT2D eigenvalue weighted by Crippen LogP contribution is 2.14. The molecule has 4 nitrogen and oxygen atoms in total. The molecule has 98 valence electrons. The number of nitrogens with one attached hydrogen (secondary N) is 1. The number of halogens is 1. The van der Waals surface area contributed by atoms with E-state index in [1.807, 2.05) is 31.2 Å². The molecule has 19 heavy (non-hydrogen) atoms. The van der Waals surface area contributed by atoms with Crippen LogP contribution in [0.5, 0.6) is 5.75 Å². The fourth-order valence-corrected chi connectivity index (χ4v) is 1.83. The Morgan fingerprint density at radius 3 is 2.74 bits per heavy atom. The van der Waals surface area contributed by atoms with Crippen molar-refractivity contribution >= 4 is 27.5 Å². The molecule has 0 atom stereocenters. The van der Waals surface area contributed by atoms with Gasteiger partial charge in [0.05, 0.1) is 11.9 Å². The number of anilines is 1. The molecule has 1 N–H and O–H groups in total. The quantitative estimate of drug-likeness (QED) is 0.941. The van der Waals surface area contributed by atoms with Gasteiger partial charge in [-0.25, -0.2) is 0 Å². The smallest absolute Gasteiger partial charge is 0.262 e. The van der Waals surface area contributed by atoms with Crippen LogP contribution in [0.2, 0.25) is 0 Å². The number of amides is 1. The van der Waals surface area contributed by atoms with Crippen molar-refractivity contribution in [1.29, 1.82) is 0 Å². The van der Waals surface area contributed by atoms with E-state index in [1.165, 1.54) is 0 Å². The number of aromatic nitrogens is 1. The summed E-state index contributed by atoms with van der Waals surface area (Å²) in [6.45, 7) is 1.96. The van der Waals surface area contributed by atoms with Crippen LogP contribution in [0.1, 0.15) is 5.56 Å². The first-order valence-electron chi connectivity index (χ1n) is 5.73. The Kier molecular flexibility index (Phi) is 4.52. The van der Waals surface area contributed by atoms with Crippen molar-refractivity contribution in [3.8, 4) is 5.75 Å². The van der Waals surface area contributed by atoms with Crippen LogP contribution in [0, 0.1) is 6.92 Å². The minimum atomic E-state index is -0.222. The van der Waals surface area contributed by atoms with Gasteiger partial charge in [-0.05, 0) is 41.1 Å². The lowest BCUT2D eigenvalue weighted by atomic mass is 10.2. The van der Waals surface area contributed by atoms with Gasteiger partial charge in [0.25, 0.3) is 5.91 Å². The molecule has 0 radical (unpaired) electrons. The predicted octanol–water partition coefficient (Wildman–Crippen LogP) is 3.17. The first kappa shape index (κ1) is 13.5. The maximum absolute atomic E-state index is 11.7.